The second kappa shape index (κ2) is 5.86. The number of rotatable bonds is 4. The van der Waals surface area contributed by atoms with Crippen LogP contribution in [0.3, 0.4) is 0 Å². The molecule has 3 nitrogen and oxygen atoms in total. The van der Waals surface area contributed by atoms with E-state index >= 15 is 0 Å². The third-order valence-electron chi connectivity index (χ3n) is 1.74. The summed E-state index contributed by atoms with van der Waals surface area (Å²) in [6, 6.07) is 2.59. The van der Waals surface area contributed by atoms with Crippen LogP contribution in [0.2, 0.25) is 5.02 Å². The minimum absolute atomic E-state index is 0.108. The van der Waals surface area contributed by atoms with Crippen molar-refractivity contribution in [1.82, 2.24) is 0 Å². The summed E-state index contributed by atoms with van der Waals surface area (Å²) < 4.78 is 17.7. The Morgan fingerprint density at radius 2 is 2.38 bits per heavy atom. The predicted molar refractivity (Wildman–Crippen MR) is 63.4 cm³/mol. The van der Waals surface area contributed by atoms with E-state index in [0.717, 1.165) is 17.8 Å². The molecule has 0 unspecified atom stereocenters. The Hall–Kier alpha value is -1.07. The van der Waals surface area contributed by atoms with Gasteiger partial charge >= 0.3 is 5.97 Å². The molecule has 0 bridgehead atoms. The van der Waals surface area contributed by atoms with Gasteiger partial charge in [0.05, 0.1) is 23.6 Å². The topological polar surface area (TPSA) is 38.7 Å². The van der Waals surface area contributed by atoms with Crippen LogP contribution >= 0.6 is 23.4 Å². The third kappa shape index (κ3) is 3.21. The molecule has 6 heteroatoms. The monoisotopic (exact) mass is 261 g/mol. The zero-order valence-electron chi connectivity index (χ0n) is 8.50. The van der Waals surface area contributed by atoms with Crippen LogP contribution in [0.5, 0.6) is 0 Å². The summed E-state index contributed by atoms with van der Waals surface area (Å²) in [5.74, 6) is -0.806. The molecule has 0 aliphatic carbocycles. The van der Waals surface area contributed by atoms with Gasteiger partial charge < -0.3 is 4.74 Å². The van der Waals surface area contributed by atoms with E-state index < -0.39 is 5.82 Å². The molecule has 0 spiro atoms. The van der Waals surface area contributed by atoms with E-state index in [1.54, 1.807) is 0 Å². The summed E-state index contributed by atoms with van der Waals surface area (Å²) in [6.07, 6.45) is 0. The lowest BCUT2D eigenvalue weighted by molar-refractivity contribution is -0.137. The summed E-state index contributed by atoms with van der Waals surface area (Å²) in [4.78, 5) is 15.0. The van der Waals surface area contributed by atoms with E-state index in [1.165, 1.54) is 13.2 Å². The standard InChI is InChI=1S/C10H9ClFNO2S/c1-13-8-4-9(6(11)3-7(8)12)16-5-10(14)15-2/h3-4H,1,5H2,2H3. The van der Waals surface area contributed by atoms with Crippen molar-refractivity contribution in [3.05, 3.63) is 23.0 Å². The largest absolute Gasteiger partial charge is 0.468 e. The Labute approximate surface area is 102 Å². The van der Waals surface area contributed by atoms with Crippen LogP contribution < -0.4 is 0 Å². The first-order valence-corrected chi connectivity index (χ1v) is 5.60. The van der Waals surface area contributed by atoms with Crippen molar-refractivity contribution in [1.29, 1.82) is 0 Å². The zero-order chi connectivity index (χ0) is 12.1. The lowest BCUT2D eigenvalue weighted by atomic mass is 10.3. The summed E-state index contributed by atoms with van der Waals surface area (Å²) in [5, 5.41) is 0.235. The van der Waals surface area contributed by atoms with Gasteiger partial charge in [0.1, 0.15) is 5.82 Å². The number of nitrogens with zero attached hydrogens (tertiary/aromatic N) is 1. The van der Waals surface area contributed by atoms with E-state index in [-0.39, 0.29) is 22.4 Å². The predicted octanol–water partition coefficient (Wildman–Crippen LogP) is 3.08. The SMILES string of the molecule is C=Nc1cc(SCC(=O)OC)c(Cl)cc1F. The van der Waals surface area contributed by atoms with Crippen LogP contribution in [0, 0.1) is 5.82 Å². The lowest BCUT2D eigenvalue weighted by Gasteiger charge is -2.05. The van der Waals surface area contributed by atoms with Gasteiger partial charge in [0.25, 0.3) is 0 Å². The van der Waals surface area contributed by atoms with Crippen molar-refractivity contribution in [2.75, 3.05) is 12.9 Å². The lowest BCUT2D eigenvalue weighted by Crippen LogP contribution is -2.02. The van der Waals surface area contributed by atoms with Gasteiger partial charge in [-0.2, -0.15) is 0 Å². The van der Waals surface area contributed by atoms with Crippen LogP contribution in [-0.4, -0.2) is 25.5 Å². The number of carbonyl (C=O) groups is 1. The Morgan fingerprint density at radius 3 is 2.94 bits per heavy atom. The Balaban J connectivity index is 2.87. The number of hydrogen-bond donors (Lipinski definition) is 0. The molecule has 1 aromatic carbocycles. The molecule has 16 heavy (non-hydrogen) atoms. The van der Waals surface area contributed by atoms with Crippen LogP contribution in [0.25, 0.3) is 0 Å². The number of halogens is 2. The maximum Gasteiger partial charge on any atom is 0.315 e. The van der Waals surface area contributed by atoms with Crippen LogP contribution in [0.1, 0.15) is 0 Å². The summed E-state index contributed by atoms with van der Waals surface area (Å²) in [6.45, 7) is 3.24. The average Bonchev–Trinajstić information content (AvgIpc) is 2.27. The molecule has 0 radical (unpaired) electrons. The van der Waals surface area contributed by atoms with Crippen molar-refractivity contribution in [2.45, 2.75) is 4.90 Å². The highest BCUT2D eigenvalue weighted by atomic mass is 35.5. The van der Waals surface area contributed by atoms with E-state index in [1.807, 2.05) is 0 Å². The van der Waals surface area contributed by atoms with E-state index in [4.69, 9.17) is 11.6 Å². The number of methoxy groups -OCH3 is 1. The van der Waals surface area contributed by atoms with Crippen molar-refractivity contribution in [3.63, 3.8) is 0 Å². The van der Waals surface area contributed by atoms with Gasteiger partial charge in [-0.1, -0.05) is 11.6 Å². The summed E-state index contributed by atoms with van der Waals surface area (Å²) in [7, 11) is 1.30. The quantitative estimate of drug-likeness (QED) is 0.475. The molecular weight excluding hydrogens is 253 g/mol. The normalized spacial score (nSPS) is 9.94. The summed E-state index contributed by atoms with van der Waals surface area (Å²) >= 11 is 6.97. The molecule has 1 aromatic rings. The van der Waals surface area contributed by atoms with Crippen LogP contribution in [0.15, 0.2) is 22.0 Å². The van der Waals surface area contributed by atoms with Crippen LogP contribution in [-0.2, 0) is 9.53 Å². The van der Waals surface area contributed by atoms with Gasteiger partial charge in [0.15, 0.2) is 0 Å². The van der Waals surface area contributed by atoms with E-state index in [9.17, 15) is 9.18 Å². The molecule has 0 saturated carbocycles. The highest BCUT2D eigenvalue weighted by Crippen LogP contribution is 2.32. The second-order valence-electron chi connectivity index (χ2n) is 2.76. The average molecular weight is 262 g/mol. The molecule has 0 atom stereocenters. The minimum Gasteiger partial charge on any atom is -0.468 e. The maximum atomic E-state index is 13.2. The molecule has 0 aromatic heterocycles. The van der Waals surface area contributed by atoms with Gasteiger partial charge in [-0.05, 0) is 18.9 Å². The fourth-order valence-corrected chi connectivity index (χ4v) is 2.04. The molecule has 0 aliphatic rings. The van der Waals surface area contributed by atoms with E-state index in [2.05, 4.69) is 16.4 Å². The van der Waals surface area contributed by atoms with Crippen molar-refractivity contribution in [2.24, 2.45) is 4.99 Å². The molecule has 86 valence electrons. The highest BCUT2D eigenvalue weighted by Gasteiger charge is 2.10. The van der Waals surface area contributed by atoms with Gasteiger partial charge in [-0.25, -0.2) is 4.39 Å². The molecule has 0 aliphatic heterocycles. The number of esters is 1. The Kier molecular flexibility index (Phi) is 4.76. The fraction of sp³-hybridized carbons (Fsp3) is 0.200. The third-order valence-corrected chi connectivity index (χ3v) is 3.20. The van der Waals surface area contributed by atoms with Crippen molar-refractivity contribution >= 4 is 41.7 Å². The first-order valence-electron chi connectivity index (χ1n) is 4.24. The van der Waals surface area contributed by atoms with Crippen LogP contribution in [0.4, 0.5) is 10.1 Å². The Bertz CT molecular complexity index is 426. The van der Waals surface area contributed by atoms with Crippen molar-refractivity contribution < 1.29 is 13.9 Å². The number of hydrogen-bond acceptors (Lipinski definition) is 4. The van der Waals surface area contributed by atoms with Gasteiger partial charge in [0, 0.05) is 4.90 Å². The zero-order valence-corrected chi connectivity index (χ0v) is 10.1. The molecule has 1 rings (SSSR count). The molecule has 0 amide bonds. The number of carbonyl (C=O) groups excluding carboxylic acids is 1. The van der Waals surface area contributed by atoms with E-state index in [0.29, 0.717) is 4.90 Å². The first-order chi connectivity index (χ1) is 7.58. The summed E-state index contributed by atoms with van der Waals surface area (Å²) in [5.41, 5.74) is 0.108. The highest BCUT2D eigenvalue weighted by molar-refractivity contribution is 8.00. The van der Waals surface area contributed by atoms with Gasteiger partial charge in [-0.3, -0.25) is 9.79 Å². The maximum absolute atomic E-state index is 13.2. The number of benzene rings is 1. The van der Waals surface area contributed by atoms with Gasteiger partial charge in [0.2, 0.25) is 0 Å². The number of ether oxygens (including phenoxy) is 1. The molecule has 0 N–H and O–H groups in total. The number of aliphatic imine (C=N–C) groups is 1. The minimum atomic E-state index is -0.539. The molecule has 0 saturated heterocycles. The molecular formula is C10H9ClFNO2S. The molecule has 0 fully saturated rings. The Morgan fingerprint density at radius 1 is 1.69 bits per heavy atom. The fourth-order valence-electron chi connectivity index (χ4n) is 0.946. The first kappa shape index (κ1) is 13.0. The number of thioether (sulfide) groups is 1. The second-order valence-corrected chi connectivity index (χ2v) is 4.18. The molecule has 0 heterocycles. The van der Waals surface area contributed by atoms with Gasteiger partial charge in [-0.15, -0.1) is 11.8 Å². The smallest absolute Gasteiger partial charge is 0.315 e. The van der Waals surface area contributed by atoms with Crippen molar-refractivity contribution in [3.8, 4) is 0 Å².